The number of nitrogens with one attached hydrogen (secondary N) is 1. The van der Waals surface area contributed by atoms with Gasteiger partial charge in [0.25, 0.3) is 0 Å². The molecule has 1 N–H and O–H groups in total. The van der Waals surface area contributed by atoms with Crippen molar-refractivity contribution in [1.29, 1.82) is 0 Å². The monoisotopic (exact) mass is 320 g/mol. The fourth-order valence-corrected chi connectivity index (χ4v) is 4.61. The molecule has 22 heavy (non-hydrogen) atoms. The van der Waals surface area contributed by atoms with E-state index in [9.17, 15) is 8.42 Å². The molecule has 120 valence electrons. The molecule has 1 saturated heterocycles. The van der Waals surface area contributed by atoms with E-state index in [4.69, 9.17) is 0 Å². The Labute approximate surface area is 132 Å². The molecule has 4 nitrogen and oxygen atoms in total. The summed E-state index contributed by atoms with van der Waals surface area (Å²) in [5.41, 5.74) is 5.05. The van der Waals surface area contributed by atoms with Crippen LogP contribution in [0.4, 0.5) is 0 Å². The zero-order valence-corrected chi connectivity index (χ0v) is 14.3. The predicted octanol–water partition coefficient (Wildman–Crippen LogP) is 3.31. The molecule has 1 aliphatic heterocycles. The van der Waals surface area contributed by atoms with Crippen LogP contribution >= 0.6 is 0 Å². The smallest absolute Gasteiger partial charge is 0.213 e. The molecule has 0 atom stereocenters. The number of hydrogen-bond donors (Lipinski definition) is 1. The Balaban J connectivity index is 1.84. The molecule has 1 aromatic carbocycles. The van der Waals surface area contributed by atoms with Crippen molar-refractivity contribution in [3.05, 3.63) is 35.0 Å². The first-order chi connectivity index (χ1) is 10.4. The average Bonchev–Trinajstić information content (AvgIpc) is 2.84. The quantitative estimate of drug-likeness (QED) is 0.943. The van der Waals surface area contributed by atoms with Crippen molar-refractivity contribution < 1.29 is 8.42 Å². The lowest BCUT2D eigenvalue weighted by Gasteiger charge is -2.31. The Bertz CT molecular complexity index is 784. The van der Waals surface area contributed by atoms with Crippen LogP contribution in [0.5, 0.6) is 0 Å². The van der Waals surface area contributed by atoms with Gasteiger partial charge in [0.2, 0.25) is 10.0 Å². The second-order valence-electron chi connectivity index (χ2n) is 6.29. The van der Waals surface area contributed by atoms with E-state index in [-0.39, 0.29) is 5.75 Å². The predicted molar refractivity (Wildman–Crippen MR) is 90.8 cm³/mol. The molecule has 0 saturated carbocycles. The summed E-state index contributed by atoms with van der Waals surface area (Å²) in [7, 11) is -3.04. The van der Waals surface area contributed by atoms with Crippen molar-refractivity contribution in [3.63, 3.8) is 0 Å². The summed E-state index contributed by atoms with van der Waals surface area (Å²) in [6.45, 7) is 7.26. The van der Waals surface area contributed by atoms with E-state index in [1.807, 2.05) is 0 Å². The van der Waals surface area contributed by atoms with Gasteiger partial charge in [0.15, 0.2) is 0 Å². The molecular weight excluding hydrogens is 296 g/mol. The van der Waals surface area contributed by atoms with E-state index in [0.29, 0.717) is 19.0 Å². The highest BCUT2D eigenvalue weighted by atomic mass is 32.2. The fraction of sp³-hybridized carbons (Fsp3) is 0.529. The average molecular weight is 320 g/mol. The Morgan fingerprint density at radius 1 is 1.23 bits per heavy atom. The summed E-state index contributed by atoms with van der Waals surface area (Å²) in [6, 6.07) is 6.48. The SMILES string of the molecule is CCS(=O)(=O)N1CCC(c2[nH]c3ccc(C)cc3c2C)CC1. The molecule has 2 heterocycles. The molecule has 2 aromatic rings. The van der Waals surface area contributed by atoms with Gasteiger partial charge < -0.3 is 4.98 Å². The molecule has 0 amide bonds. The number of aryl methyl sites for hydroxylation is 2. The third kappa shape index (κ3) is 2.68. The van der Waals surface area contributed by atoms with E-state index >= 15 is 0 Å². The van der Waals surface area contributed by atoms with E-state index < -0.39 is 10.0 Å². The third-order valence-electron chi connectivity index (χ3n) is 4.87. The van der Waals surface area contributed by atoms with Gasteiger partial charge in [-0.2, -0.15) is 0 Å². The summed E-state index contributed by atoms with van der Waals surface area (Å²) in [4.78, 5) is 3.56. The second kappa shape index (κ2) is 5.70. The van der Waals surface area contributed by atoms with Crippen LogP contribution in [0.1, 0.15) is 42.5 Å². The molecular formula is C17H24N2O2S. The lowest BCUT2D eigenvalue weighted by Crippen LogP contribution is -2.38. The number of aromatic amines is 1. The van der Waals surface area contributed by atoms with E-state index in [0.717, 1.165) is 12.8 Å². The standard InChI is InChI=1S/C17H24N2O2S/c1-4-22(20,21)19-9-7-14(8-10-19)17-13(3)15-11-12(2)5-6-16(15)18-17/h5-6,11,14,18H,4,7-10H2,1-3H3. The highest BCUT2D eigenvalue weighted by molar-refractivity contribution is 7.89. The molecule has 1 fully saturated rings. The number of piperidine rings is 1. The summed E-state index contributed by atoms with van der Waals surface area (Å²) >= 11 is 0. The first-order valence-corrected chi connectivity index (χ1v) is 9.60. The van der Waals surface area contributed by atoms with Gasteiger partial charge >= 0.3 is 0 Å². The van der Waals surface area contributed by atoms with E-state index in [1.54, 1.807) is 11.2 Å². The molecule has 0 aliphatic carbocycles. The Hall–Kier alpha value is -1.33. The van der Waals surface area contributed by atoms with Gasteiger partial charge in [-0.05, 0) is 51.3 Å². The minimum atomic E-state index is -3.04. The van der Waals surface area contributed by atoms with Crippen LogP contribution in [0.3, 0.4) is 0 Å². The molecule has 0 bridgehead atoms. The number of sulfonamides is 1. The summed E-state index contributed by atoms with van der Waals surface area (Å²) < 4.78 is 25.6. The molecule has 1 aliphatic rings. The van der Waals surface area contributed by atoms with Crippen LogP contribution in [0, 0.1) is 13.8 Å². The molecule has 0 unspecified atom stereocenters. The number of aromatic nitrogens is 1. The number of benzene rings is 1. The maximum atomic E-state index is 12.0. The minimum absolute atomic E-state index is 0.197. The Morgan fingerprint density at radius 3 is 2.55 bits per heavy atom. The van der Waals surface area contributed by atoms with Gasteiger partial charge in [-0.15, -0.1) is 0 Å². The van der Waals surface area contributed by atoms with Crippen molar-refractivity contribution >= 4 is 20.9 Å². The molecule has 1 aromatic heterocycles. The van der Waals surface area contributed by atoms with Crippen LogP contribution in [0.25, 0.3) is 10.9 Å². The van der Waals surface area contributed by atoms with Gasteiger partial charge in [-0.25, -0.2) is 12.7 Å². The Morgan fingerprint density at radius 2 is 1.91 bits per heavy atom. The zero-order valence-electron chi connectivity index (χ0n) is 13.5. The van der Waals surface area contributed by atoms with Crippen molar-refractivity contribution in [2.45, 2.75) is 39.5 Å². The van der Waals surface area contributed by atoms with Crippen LogP contribution < -0.4 is 0 Å². The maximum absolute atomic E-state index is 12.0. The van der Waals surface area contributed by atoms with Crippen LogP contribution in [-0.4, -0.2) is 36.5 Å². The minimum Gasteiger partial charge on any atom is -0.358 e. The lowest BCUT2D eigenvalue weighted by atomic mass is 9.92. The maximum Gasteiger partial charge on any atom is 0.213 e. The van der Waals surface area contributed by atoms with Gasteiger partial charge in [0, 0.05) is 35.6 Å². The van der Waals surface area contributed by atoms with Crippen molar-refractivity contribution in [1.82, 2.24) is 9.29 Å². The number of rotatable bonds is 3. The molecule has 0 spiro atoms. The van der Waals surface area contributed by atoms with Gasteiger partial charge in [-0.1, -0.05) is 11.6 Å². The van der Waals surface area contributed by atoms with Crippen LogP contribution in [0.2, 0.25) is 0 Å². The summed E-state index contributed by atoms with van der Waals surface area (Å²) in [5, 5.41) is 1.29. The van der Waals surface area contributed by atoms with Crippen molar-refractivity contribution in [2.75, 3.05) is 18.8 Å². The van der Waals surface area contributed by atoms with E-state index in [1.165, 1.54) is 27.7 Å². The van der Waals surface area contributed by atoms with Crippen molar-refractivity contribution in [3.8, 4) is 0 Å². The summed E-state index contributed by atoms with van der Waals surface area (Å²) in [5.74, 6) is 0.624. The topological polar surface area (TPSA) is 53.2 Å². The zero-order chi connectivity index (χ0) is 15.9. The first kappa shape index (κ1) is 15.6. The summed E-state index contributed by atoms with van der Waals surface area (Å²) in [6.07, 6.45) is 1.79. The number of nitrogens with zero attached hydrogens (tertiary/aromatic N) is 1. The van der Waals surface area contributed by atoms with Gasteiger partial charge in [0.05, 0.1) is 5.75 Å². The van der Waals surface area contributed by atoms with Crippen molar-refractivity contribution in [2.24, 2.45) is 0 Å². The number of H-pyrrole nitrogens is 1. The van der Waals surface area contributed by atoms with Gasteiger partial charge in [0.1, 0.15) is 0 Å². The van der Waals surface area contributed by atoms with Crippen LogP contribution in [-0.2, 0) is 10.0 Å². The Kier molecular flexibility index (Phi) is 4.03. The first-order valence-electron chi connectivity index (χ1n) is 7.99. The number of fused-ring (bicyclic) bond motifs is 1. The normalized spacial score (nSPS) is 18.1. The molecule has 5 heteroatoms. The largest absolute Gasteiger partial charge is 0.358 e. The van der Waals surface area contributed by atoms with Crippen LogP contribution in [0.15, 0.2) is 18.2 Å². The van der Waals surface area contributed by atoms with E-state index in [2.05, 4.69) is 37.0 Å². The fourth-order valence-electron chi connectivity index (χ4n) is 3.47. The molecule has 0 radical (unpaired) electrons. The lowest BCUT2D eigenvalue weighted by molar-refractivity contribution is 0.317. The highest BCUT2D eigenvalue weighted by Crippen LogP contribution is 2.34. The molecule has 3 rings (SSSR count). The number of hydrogen-bond acceptors (Lipinski definition) is 2. The van der Waals surface area contributed by atoms with Gasteiger partial charge in [-0.3, -0.25) is 0 Å². The second-order valence-corrected chi connectivity index (χ2v) is 8.54. The highest BCUT2D eigenvalue weighted by Gasteiger charge is 2.29. The third-order valence-corrected chi connectivity index (χ3v) is 6.75.